The van der Waals surface area contributed by atoms with Gasteiger partial charge >= 0.3 is 0 Å². The highest BCUT2D eigenvalue weighted by Gasteiger charge is 2.45. The first kappa shape index (κ1) is 41.0. The van der Waals surface area contributed by atoms with Crippen LogP contribution in [0.15, 0.2) is 77.8 Å². The van der Waals surface area contributed by atoms with E-state index >= 15 is 0 Å². The molecule has 0 saturated carbocycles. The molecule has 2 atom stereocenters. The lowest BCUT2D eigenvalue weighted by Gasteiger charge is -2.36. The minimum absolute atomic E-state index is 0.0723. The first-order chi connectivity index (χ1) is 28.5. The number of piperazine rings is 1. The van der Waals surface area contributed by atoms with E-state index in [9.17, 15) is 32.7 Å². The maximum Gasteiger partial charge on any atom is 0.264 e. The number of amides is 5. The van der Waals surface area contributed by atoms with Gasteiger partial charge in [-0.25, -0.2) is 4.98 Å². The molecule has 0 bridgehead atoms. The number of fused-ring (bicyclic) bond motifs is 1. The Morgan fingerprint density at radius 3 is 2.39 bits per heavy atom. The summed E-state index contributed by atoms with van der Waals surface area (Å²) in [6.07, 6.45) is 6.91. The summed E-state index contributed by atoms with van der Waals surface area (Å²) in [7, 11) is 0. The number of unbranched alkanes of at least 4 members (excludes halogenated alkanes) is 4. The molecule has 308 valence electrons. The standard InChI is InChI=1S/C42H47N9O7S/c1-27-26-44-42(48-38(27)45-29-9-7-10-31(25-29)59(57)58)46-28-14-16-30(17-15-28)49-21-23-50(24-22-49)36(53)13-5-3-2-4-6-20-43-33-12-8-11-32-37(33)41(56)51(40(32)55)34-18-19-35(52)47-39(34)54/h7-12,14-17,25-26,34,43H,2-6,13,18-24H2,1H3,(H,57,58)(H,47,52,54)(H2,44,45,46,48)/p-1. The van der Waals surface area contributed by atoms with Crippen LogP contribution in [0, 0.1) is 6.92 Å². The van der Waals surface area contributed by atoms with Crippen molar-refractivity contribution in [1.82, 2.24) is 25.1 Å². The van der Waals surface area contributed by atoms with Gasteiger partial charge in [-0.1, -0.05) is 31.4 Å². The van der Waals surface area contributed by atoms with E-state index in [1.165, 1.54) is 12.1 Å². The molecule has 2 fully saturated rings. The summed E-state index contributed by atoms with van der Waals surface area (Å²) >= 11 is -2.33. The second kappa shape index (κ2) is 18.6. The van der Waals surface area contributed by atoms with Crippen LogP contribution in [-0.2, 0) is 25.5 Å². The van der Waals surface area contributed by atoms with Crippen LogP contribution in [0.3, 0.4) is 0 Å². The highest BCUT2D eigenvalue weighted by molar-refractivity contribution is 7.79. The Kier molecular flexibility index (Phi) is 12.9. The highest BCUT2D eigenvalue weighted by Crippen LogP contribution is 2.32. The molecule has 1 aromatic heterocycles. The quantitative estimate of drug-likeness (QED) is 0.0667. The van der Waals surface area contributed by atoms with Crippen molar-refractivity contribution in [1.29, 1.82) is 0 Å². The fraction of sp³-hybridized carbons (Fsp3) is 0.357. The molecular weight excluding hydrogens is 775 g/mol. The van der Waals surface area contributed by atoms with E-state index in [4.69, 9.17) is 0 Å². The van der Waals surface area contributed by atoms with Gasteiger partial charge in [0.2, 0.25) is 23.7 Å². The van der Waals surface area contributed by atoms with Crippen molar-refractivity contribution in [3.63, 3.8) is 0 Å². The van der Waals surface area contributed by atoms with E-state index in [0.29, 0.717) is 49.2 Å². The number of piperidine rings is 1. The van der Waals surface area contributed by atoms with Crippen LogP contribution in [0.25, 0.3) is 0 Å². The Balaban J connectivity index is 0.787. The zero-order valence-corrected chi connectivity index (χ0v) is 33.5. The summed E-state index contributed by atoms with van der Waals surface area (Å²) < 4.78 is 22.7. The third kappa shape index (κ3) is 9.75. The van der Waals surface area contributed by atoms with E-state index in [1.807, 2.05) is 36.1 Å². The van der Waals surface area contributed by atoms with E-state index in [2.05, 4.69) is 36.1 Å². The lowest BCUT2D eigenvalue weighted by Crippen LogP contribution is -2.54. The SMILES string of the molecule is Cc1cnc(Nc2ccc(N3CCN(C(=O)CCCCCCCNc4cccc5c4C(=O)N(C4CCC(=O)NC4=O)C5=O)CC3)cc2)nc1Nc1cccc(S(=O)[O-])c1. The topological polar surface area (TPSA) is 209 Å². The fourth-order valence-electron chi connectivity index (χ4n) is 7.52. The minimum atomic E-state index is -2.33. The first-order valence-electron chi connectivity index (χ1n) is 19.8. The zero-order valence-electron chi connectivity index (χ0n) is 32.7. The van der Waals surface area contributed by atoms with Crippen LogP contribution in [0.4, 0.5) is 34.5 Å². The Morgan fingerprint density at radius 2 is 1.63 bits per heavy atom. The Labute approximate surface area is 344 Å². The molecular formula is C42H46N9O7S-. The van der Waals surface area contributed by atoms with E-state index < -0.39 is 40.8 Å². The number of benzene rings is 3. The van der Waals surface area contributed by atoms with Crippen molar-refractivity contribution in [2.45, 2.75) is 69.2 Å². The number of nitrogens with one attached hydrogen (secondary N) is 4. The number of carbonyl (C=O) groups excluding carboxylic acids is 5. The van der Waals surface area contributed by atoms with Gasteiger partial charge in [-0.2, -0.15) is 4.98 Å². The van der Waals surface area contributed by atoms with E-state index in [-0.39, 0.29) is 34.8 Å². The van der Waals surface area contributed by atoms with Crippen LogP contribution in [0.5, 0.6) is 0 Å². The van der Waals surface area contributed by atoms with Gasteiger partial charge in [0.25, 0.3) is 11.8 Å². The summed E-state index contributed by atoms with van der Waals surface area (Å²) in [6.45, 7) is 5.27. The molecule has 2 saturated heterocycles. The largest absolute Gasteiger partial charge is 0.768 e. The van der Waals surface area contributed by atoms with E-state index in [0.717, 1.165) is 67.0 Å². The molecule has 4 aromatic rings. The molecule has 3 aliphatic heterocycles. The third-order valence-corrected chi connectivity index (χ3v) is 11.4. The number of carbonyl (C=O) groups is 5. The number of nitrogens with zero attached hydrogens (tertiary/aromatic N) is 5. The lowest BCUT2D eigenvalue weighted by atomic mass is 10.0. The predicted octanol–water partition coefficient (Wildman–Crippen LogP) is 5.01. The molecule has 0 spiro atoms. The summed E-state index contributed by atoms with van der Waals surface area (Å²) in [4.78, 5) is 77.7. The molecule has 7 rings (SSSR count). The second-order valence-electron chi connectivity index (χ2n) is 14.8. The number of rotatable bonds is 16. The average molecular weight is 821 g/mol. The number of anilines is 6. The van der Waals surface area contributed by atoms with Gasteiger partial charge < -0.3 is 30.3 Å². The molecule has 59 heavy (non-hydrogen) atoms. The Bertz CT molecular complexity index is 2260. The number of hydrogen-bond donors (Lipinski definition) is 4. The third-order valence-electron chi connectivity index (χ3n) is 10.7. The van der Waals surface area contributed by atoms with Gasteiger partial charge in [-0.05, 0) is 91.9 Å². The zero-order chi connectivity index (χ0) is 41.5. The number of aryl methyl sites for hydroxylation is 1. The minimum Gasteiger partial charge on any atom is -0.768 e. The molecule has 5 amide bonds. The second-order valence-corrected chi connectivity index (χ2v) is 15.7. The molecule has 3 aromatic carbocycles. The van der Waals surface area contributed by atoms with Gasteiger partial charge in [0.1, 0.15) is 11.9 Å². The molecule has 3 aliphatic rings. The van der Waals surface area contributed by atoms with Crippen molar-refractivity contribution in [3.8, 4) is 0 Å². The van der Waals surface area contributed by atoms with Crippen molar-refractivity contribution >= 4 is 75.1 Å². The first-order valence-corrected chi connectivity index (χ1v) is 20.9. The fourth-order valence-corrected chi connectivity index (χ4v) is 7.93. The van der Waals surface area contributed by atoms with Gasteiger partial charge in [0, 0.05) is 85.0 Å². The normalized spacial score (nSPS) is 17.1. The number of hydrogen-bond acceptors (Lipinski definition) is 13. The van der Waals surface area contributed by atoms with Crippen molar-refractivity contribution in [2.75, 3.05) is 53.6 Å². The monoisotopic (exact) mass is 820 g/mol. The smallest absolute Gasteiger partial charge is 0.264 e. The van der Waals surface area contributed by atoms with Crippen LogP contribution in [-0.4, -0.2) is 96.8 Å². The van der Waals surface area contributed by atoms with Crippen LogP contribution in [0.1, 0.15) is 77.6 Å². The van der Waals surface area contributed by atoms with Crippen LogP contribution >= 0.6 is 0 Å². The van der Waals surface area contributed by atoms with Gasteiger partial charge in [-0.3, -0.25) is 38.4 Å². The molecule has 4 N–H and O–H groups in total. The van der Waals surface area contributed by atoms with Gasteiger partial charge in [-0.15, -0.1) is 0 Å². The van der Waals surface area contributed by atoms with Crippen LogP contribution < -0.4 is 26.2 Å². The van der Waals surface area contributed by atoms with Crippen LogP contribution in [0.2, 0.25) is 0 Å². The molecule has 17 heteroatoms. The maximum atomic E-state index is 13.3. The van der Waals surface area contributed by atoms with Crippen molar-refractivity contribution in [3.05, 3.63) is 89.6 Å². The Hall–Kier alpha value is -6.20. The van der Waals surface area contributed by atoms with Gasteiger partial charge in [0.05, 0.1) is 11.1 Å². The van der Waals surface area contributed by atoms with Gasteiger partial charge in [0.15, 0.2) is 0 Å². The highest BCUT2D eigenvalue weighted by atomic mass is 32.2. The maximum absolute atomic E-state index is 13.3. The summed E-state index contributed by atoms with van der Waals surface area (Å²) in [5, 5.41) is 11.9. The van der Waals surface area contributed by atoms with Crippen molar-refractivity contribution < 1.29 is 32.7 Å². The predicted molar refractivity (Wildman–Crippen MR) is 222 cm³/mol. The summed E-state index contributed by atoms with van der Waals surface area (Å²) in [5.41, 5.74) is 4.34. The molecule has 16 nitrogen and oxygen atoms in total. The molecule has 4 heterocycles. The summed E-state index contributed by atoms with van der Waals surface area (Å²) in [6, 6.07) is 18.5. The van der Waals surface area contributed by atoms with Crippen molar-refractivity contribution in [2.24, 2.45) is 0 Å². The number of imide groups is 2. The molecule has 0 radical (unpaired) electrons. The summed E-state index contributed by atoms with van der Waals surface area (Å²) in [5.74, 6) is -0.965. The number of aromatic nitrogens is 2. The average Bonchev–Trinajstić information content (AvgIpc) is 3.49. The molecule has 2 unspecified atom stereocenters. The lowest BCUT2D eigenvalue weighted by molar-refractivity contribution is -0.136. The Morgan fingerprint density at radius 1 is 0.881 bits per heavy atom. The van der Waals surface area contributed by atoms with E-state index in [1.54, 1.807) is 36.5 Å². The molecule has 0 aliphatic carbocycles.